The van der Waals surface area contributed by atoms with Crippen molar-refractivity contribution < 1.29 is 9.13 Å². The Morgan fingerprint density at radius 2 is 2.17 bits per heavy atom. The van der Waals surface area contributed by atoms with Gasteiger partial charge in [-0.05, 0) is 12.1 Å². The Kier molecular flexibility index (Phi) is 2.99. The van der Waals surface area contributed by atoms with Crippen LogP contribution in [0.5, 0.6) is 5.75 Å². The summed E-state index contributed by atoms with van der Waals surface area (Å²) in [7, 11) is 0. The molecule has 0 spiro atoms. The molecule has 0 saturated carbocycles. The van der Waals surface area contributed by atoms with Crippen molar-refractivity contribution in [3.05, 3.63) is 30.1 Å². The summed E-state index contributed by atoms with van der Waals surface area (Å²) < 4.78 is 17.8. The molecule has 12 heavy (non-hydrogen) atoms. The molecule has 64 valence electrons. The van der Waals surface area contributed by atoms with E-state index in [1.165, 1.54) is 12.1 Å². The van der Waals surface area contributed by atoms with E-state index in [1.807, 2.05) is 0 Å². The second-order valence-corrected chi connectivity index (χ2v) is 2.71. The molecule has 4 heteroatoms. The SMILES string of the molecule is NC(=S)COc1ccccc1F. The highest BCUT2D eigenvalue weighted by Gasteiger charge is 2.00. The number of benzene rings is 1. The number of rotatable bonds is 3. The third kappa shape index (κ3) is 2.47. The Labute approximate surface area is 75.1 Å². The molecule has 0 bridgehead atoms. The second kappa shape index (κ2) is 4.01. The minimum absolute atomic E-state index is 0.0657. The molecule has 0 amide bonds. The van der Waals surface area contributed by atoms with E-state index in [-0.39, 0.29) is 17.3 Å². The van der Waals surface area contributed by atoms with Crippen LogP contribution < -0.4 is 10.5 Å². The zero-order valence-corrected chi connectivity index (χ0v) is 7.10. The molecule has 0 aromatic heterocycles. The highest BCUT2D eigenvalue weighted by Crippen LogP contribution is 2.14. The standard InChI is InChI=1S/C8H8FNOS/c9-6-3-1-2-4-7(6)11-5-8(10)12/h1-4H,5H2,(H2,10,12). The van der Waals surface area contributed by atoms with Gasteiger partial charge >= 0.3 is 0 Å². The van der Waals surface area contributed by atoms with Crippen molar-refractivity contribution in [3.63, 3.8) is 0 Å². The lowest BCUT2D eigenvalue weighted by atomic mass is 10.3. The van der Waals surface area contributed by atoms with E-state index in [2.05, 4.69) is 12.2 Å². The van der Waals surface area contributed by atoms with Gasteiger partial charge in [-0.15, -0.1) is 0 Å². The third-order valence-electron chi connectivity index (χ3n) is 1.21. The largest absolute Gasteiger partial charge is 0.483 e. The fraction of sp³-hybridized carbons (Fsp3) is 0.125. The van der Waals surface area contributed by atoms with Crippen molar-refractivity contribution >= 4 is 17.2 Å². The smallest absolute Gasteiger partial charge is 0.165 e. The van der Waals surface area contributed by atoms with Crippen molar-refractivity contribution in [2.75, 3.05) is 6.61 Å². The molecular weight excluding hydrogens is 177 g/mol. The van der Waals surface area contributed by atoms with Gasteiger partial charge in [-0.2, -0.15) is 0 Å². The fourth-order valence-electron chi connectivity index (χ4n) is 0.711. The van der Waals surface area contributed by atoms with E-state index in [0.717, 1.165) is 0 Å². The highest BCUT2D eigenvalue weighted by molar-refractivity contribution is 7.80. The van der Waals surface area contributed by atoms with Crippen molar-refractivity contribution in [2.45, 2.75) is 0 Å². The van der Waals surface area contributed by atoms with Crippen molar-refractivity contribution in [1.29, 1.82) is 0 Å². The summed E-state index contributed by atoms with van der Waals surface area (Å²) in [6.45, 7) is 0.0657. The molecule has 0 saturated heterocycles. The van der Waals surface area contributed by atoms with Gasteiger partial charge in [-0.25, -0.2) is 4.39 Å². The summed E-state index contributed by atoms with van der Waals surface area (Å²) in [5, 5.41) is 0. The molecule has 2 N–H and O–H groups in total. The van der Waals surface area contributed by atoms with Crippen LogP contribution in [0.2, 0.25) is 0 Å². The number of halogens is 1. The Morgan fingerprint density at radius 3 is 2.75 bits per heavy atom. The molecule has 1 aromatic carbocycles. The molecule has 0 heterocycles. The van der Waals surface area contributed by atoms with Crippen molar-refractivity contribution in [1.82, 2.24) is 0 Å². The van der Waals surface area contributed by atoms with E-state index in [0.29, 0.717) is 0 Å². The first-order valence-corrected chi connectivity index (χ1v) is 3.76. The van der Waals surface area contributed by atoms with Crippen LogP contribution in [0.25, 0.3) is 0 Å². The maximum Gasteiger partial charge on any atom is 0.165 e. The van der Waals surface area contributed by atoms with E-state index < -0.39 is 5.82 Å². The highest BCUT2D eigenvalue weighted by atomic mass is 32.1. The van der Waals surface area contributed by atoms with Gasteiger partial charge in [0.05, 0.1) is 0 Å². The molecule has 1 rings (SSSR count). The van der Waals surface area contributed by atoms with Crippen LogP contribution in [0.3, 0.4) is 0 Å². The molecule has 0 aliphatic rings. The lowest BCUT2D eigenvalue weighted by Crippen LogP contribution is -2.18. The molecule has 0 atom stereocenters. The van der Waals surface area contributed by atoms with Gasteiger partial charge in [-0.3, -0.25) is 0 Å². The topological polar surface area (TPSA) is 35.2 Å². The van der Waals surface area contributed by atoms with Crippen LogP contribution in [0.1, 0.15) is 0 Å². The number of ether oxygens (including phenoxy) is 1. The van der Waals surface area contributed by atoms with E-state index in [4.69, 9.17) is 10.5 Å². The molecule has 0 aliphatic carbocycles. The molecule has 0 aliphatic heterocycles. The Hall–Kier alpha value is -1.16. The summed E-state index contributed by atoms with van der Waals surface area (Å²) >= 11 is 4.57. The van der Waals surface area contributed by atoms with E-state index in [9.17, 15) is 4.39 Å². The molecular formula is C8H8FNOS. The monoisotopic (exact) mass is 185 g/mol. The maximum atomic E-state index is 12.8. The van der Waals surface area contributed by atoms with Crippen LogP contribution in [-0.2, 0) is 0 Å². The predicted molar refractivity (Wildman–Crippen MR) is 48.7 cm³/mol. The first-order valence-electron chi connectivity index (χ1n) is 3.36. The fourth-order valence-corrected chi connectivity index (χ4v) is 0.770. The van der Waals surface area contributed by atoms with Gasteiger partial charge in [0, 0.05) is 0 Å². The first kappa shape index (κ1) is 8.93. The third-order valence-corrected chi connectivity index (χ3v) is 1.32. The summed E-state index contributed by atoms with van der Waals surface area (Å²) in [5.41, 5.74) is 5.17. The second-order valence-electron chi connectivity index (χ2n) is 2.19. The normalized spacial score (nSPS) is 9.42. The van der Waals surface area contributed by atoms with Crippen LogP contribution in [0.4, 0.5) is 4.39 Å². The summed E-state index contributed by atoms with van der Waals surface area (Å²) in [4.78, 5) is 0.207. The molecule has 0 unspecified atom stereocenters. The summed E-state index contributed by atoms with van der Waals surface area (Å²) in [5.74, 6) is -0.237. The Bertz CT molecular complexity index is 290. The zero-order valence-electron chi connectivity index (χ0n) is 6.29. The molecule has 0 radical (unpaired) electrons. The Morgan fingerprint density at radius 1 is 1.50 bits per heavy atom. The van der Waals surface area contributed by atoms with Gasteiger partial charge < -0.3 is 10.5 Å². The van der Waals surface area contributed by atoms with Crippen LogP contribution in [0.15, 0.2) is 24.3 Å². The van der Waals surface area contributed by atoms with E-state index >= 15 is 0 Å². The number of thiocarbonyl (C=S) groups is 1. The first-order chi connectivity index (χ1) is 5.70. The van der Waals surface area contributed by atoms with E-state index in [1.54, 1.807) is 12.1 Å². The summed E-state index contributed by atoms with van der Waals surface area (Å²) in [6, 6.07) is 6.10. The number of nitrogens with two attached hydrogens (primary N) is 1. The Balaban J connectivity index is 2.63. The average Bonchev–Trinajstić information content (AvgIpc) is 2.03. The zero-order chi connectivity index (χ0) is 8.97. The number of hydrogen-bond acceptors (Lipinski definition) is 2. The maximum absolute atomic E-state index is 12.8. The van der Waals surface area contributed by atoms with Crippen LogP contribution in [-0.4, -0.2) is 11.6 Å². The molecule has 2 nitrogen and oxygen atoms in total. The lowest BCUT2D eigenvalue weighted by Gasteiger charge is -2.04. The van der Waals surface area contributed by atoms with Gasteiger partial charge in [0.1, 0.15) is 11.6 Å². The van der Waals surface area contributed by atoms with Crippen LogP contribution in [0, 0.1) is 5.82 Å². The van der Waals surface area contributed by atoms with Gasteiger partial charge in [0.2, 0.25) is 0 Å². The minimum Gasteiger partial charge on any atom is -0.483 e. The van der Waals surface area contributed by atoms with Gasteiger partial charge in [-0.1, -0.05) is 24.4 Å². The average molecular weight is 185 g/mol. The van der Waals surface area contributed by atoms with Crippen molar-refractivity contribution in [2.24, 2.45) is 5.73 Å². The molecule has 0 fully saturated rings. The summed E-state index contributed by atoms with van der Waals surface area (Å²) in [6.07, 6.45) is 0. The number of para-hydroxylation sites is 1. The number of hydrogen-bond donors (Lipinski definition) is 1. The lowest BCUT2D eigenvalue weighted by molar-refractivity contribution is 0.354. The quantitative estimate of drug-likeness (QED) is 0.725. The van der Waals surface area contributed by atoms with Gasteiger partial charge in [0.15, 0.2) is 11.6 Å². The predicted octanol–water partition coefficient (Wildman–Crippen LogP) is 1.49. The molecule has 1 aromatic rings. The minimum atomic E-state index is -0.409. The van der Waals surface area contributed by atoms with Crippen LogP contribution >= 0.6 is 12.2 Å². The van der Waals surface area contributed by atoms with Gasteiger partial charge in [0.25, 0.3) is 0 Å². The van der Waals surface area contributed by atoms with Crippen molar-refractivity contribution in [3.8, 4) is 5.75 Å².